The van der Waals surface area contributed by atoms with Gasteiger partial charge in [-0.1, -0.05) is 23.7 Å². The van der Waals surface area contributed by atoms with Crippen molar-refractivity contribution in [3.63, 3.8) is 0 Å². The lowest BCUT2D eigenvalue weighted by Crippen LogP contribution is -2.18. The minimum Gasteiger partial charge on any atom is -0.497 e. The van der Waals surface area contributed by atoms with E-state index in [0.29, 0.717) is 0 Å². The maximum absolute atomic E-state index is 5.94. The Morgan fingerprint density at radius 3 is 2.25 bits per heavy atom. The molecule has 1 atom stereocenters. The summed E-state index contributed by atoms with van der Waals surface area (Å²) in [6, 6.07) is 13.6. The molecule has 0 saturated heterocycles. The van der Waals surface area contributed by atoms with E-state index in [1.54, 1.807) is 14.2 Å². The zero-order valence-corrected chi connectivity index (χ0v) is 12.6. The van der Waals surface area contributed by atoms with Crippen molar-refractivity contribution in [3.8, 4) is 11.5 Å². The van der Waals surface area contributed by atoms with Crippen LogP contribution in [0.1, 0.15) is 17.2 Å². The summed E-state index contributed by atoms with van der Waals surface area (Å²) in [5.74, 6) is 1.57. The minimum absolute atomic E-state index is 0.0353. The van der Waals surface area contributed by atoms with Crippen LogP contribution >= 0.6 is 11.6 Å². The highest BCUT2D eigenvalue weighted by molar-refractivity contribution is 6.30. The smallest absolute Gasteiger partial charge is 0.127 e. The van der Waals surface area contributed by atoms with Crippen LogP contribution in [0.4, 0.5) is 0 Å². The molecule has 0 fully saturated rings. The molecule has 0 amide bonds. The Kier molecular flexibility index (Phi) is 4.88. The first-order valence-corrected chi connectivity index (χ1v) is 6.72. The van der Waals surface area contributed by atoms with Gasteiger partial charge in [0.1, 0.15) is 11.5 Å². The summed E-state index contributed by atoms with van der Waals surface area (Å²) in [4.78, 5) is 0. The van der Waals surface area contributed by atoms with Crippen LogP contribution in [0.15, 0.2) is 42.5 Å². The number of rotatable bonds is 5. The predicted molar refractivity (Wildman–Crippen MR) is 81.9 cm³/mol. The van der Waals surface area contributed by atoms with Gasteiger partial charge >= 0.3 is 0 Å². The lowest BCUT2D eigenvalue weighted by Gasteiger charge is -2.20. The van der Waals surface area contributed by atoms with Gasteiger partial charge in [0.25, 0.3) is 0 Å². The summed E-state index contributed by atoms with van der Waals surface area (Å²) in [6.45, 7) is 0. The molecule has 0 aliphatic rings. The van der Waals surface area contributed by atoms with Crippen molar-refractivity contribution >= 4 is 11.6 Å². The summed E-state index contributed by atoms with van der Waals surface area (Å²) >= 11 is 5.94. The Labute approximate surface area is 124 Å². The van der Waals surface area contributed by atoms with E-state index in [4.69, 9.17) is 21.1 Å². The number of hydrogen-bond acceptors (Lipinski definition) is 3. The number of benzene rings is 2. The third-order valence-electron chi connectivity index (χ3n) is 3.24. The molecule has 0 bridgehead atoms. The van der Waals surface area contributed by atoms with E-state index in [2.05, 4.69) is 5.32 Å². The highest BCUT2D eigenvalue weighted by Crippen LogP contribution is 2.33. The standard InChI is InChI=1S/C16H18ClNO2/c1-18-16(11-4-6-12(17)7-5-11)14-9-8-13(19-2)10-15(14)20-3/h4-10,16,18H,1-3H3. The zero-order valence-electron chi connectivity index (χ0n) is 11.8. The van der Waals surface area contributed by atoms with E-state index in [1.807, 2.05) is 49.5 Å². The fraction of sp³-hybridized carbons (Fsp3) is 0.250. The number of ether oxygens (including phenoxy) is 2. The van der Waals surface area contributed by atoms with E-state index < -0.39 is 0 Å². The van der Waals surface area contributed by atoms with Crippen LogP contribution in [-0.4, -0.2) is 21.3 Å². The van der Waals surface area contributed by atoms with Crippen molar-refractivity contribution in [1.29, 1.82) is 0 Å². The van der Waals surface area contributed by atoms with Gasteiger partial charge in [-0.3, -0.25) is 0 Å². The van der Waals surface area contributed by atoms with Crippen LogP contribution in [0, 0.1) is 0 Å². The van der Waals surface area contributed by atoms with Gasteiger partial charge < -0.3 is 14.8 Å². The second kappa shape index (κ2) is 6.64. The highest BCUT2D eigenvalue weighted by atomic mass is 35.5. The van der Waals surface area contributed by atoms with Crippen LogP contribution in [0.5, 0.6) is 11.5 Å². The molecule has 0 aliphatic heterocycles. The van der Waals surface area contributed by atoms with Crippen LogP contribution in [0.3, 0.4) is 0 Å². The molecular weight excluding hydrogens is 274 g/mol. The molecule has 2 aromatic carbocycles. The largest absolute Gasteiger partial charge is 0.497 e. The summed E-state index contributed by atoms with van der Waals surface area (Å²) in [5.41, 5.74) is 2.18. The Morgan fingerprint density at radius 2 is 1.70 bits per heavy atom. The van der Waals surface area contributed by atoms with E-state index >= 15 is 0 Å². The lowest BCUT2D eigenvalue weighted by molar-refractivity contribution is 0.388. The number of hydrogen-bond donors (Lipinski definition) is 1. The van der Waals surface area contributed by atoms with Crippen molar-refractivity contribution in [2.75, 3.05) is 21.3 Å². The van der Waals surface area contributed by atoms with Gasteiger partial charge in [0.2, 0.25) is 0 Å². The van der Waals surface area contributed by atoms with E-state index in [1.165, 1.54) is 0 Å². The molecule has 0 aromatic heterocycles. The first-order chi connectivity index (χ1) is 9.69. The molecule has 0 saturated carbocycles. The second-order valence-electron chi connectivity index (χ2n) is 4.38. The quantitative estimate of drug-likeness (QED) is 0.912. The summed E-state index contributed by atoms with van der Waals surface area (Å²) in [6.07, 6.45) is 0. The van der Waals surface area contributed by atoms with Crippen LogP contribution in [-0.2, 0) is 0 Å². The normalized spacial score (nSPS) is 12.0. The fourth-order valence-corrected chi connectivity index (χ4v) is 2.34. The summed E-state index contributed by atoms with van der Waals surface area (Å²) in [5, 5.41) is 4.03. The maximum Gasteiger partial charge on any atom is 0.127 e. The molecule has 20 heavy (non-hydrogen) atoms. The fourth-order valence-electron chi connectivity index (χ4n) is 2.21. The Bertz CT molecular complexity index is 569. The minimum atomic E-state index is 0.0353. The lowest BCUT2D eigenvalue weighted by atomic mass is 9.98. The van der Waals surface area contributed by atoms with E-state index in [-0.39, 0.29) is 6.04 Å². The monoisotopic (exact) mass is 291 g/mol. The van der Waals surface area contributed by atoms with Gasteiger partial charge in [-0.25, -0.2) is 0 Å². The van der Waals surface area contributed by atoms with Gasteiger partial charge in [-0.05, 0) is 36.9 Å². The molecular formula is C16H18ClNO2. The molecule has 4 heteroatoms. The van der Waals surface area contributed by atoms with Crippen molar-refractivity contribution < 1.29 is 9.47 Å². The molecule has 106 valence electrons. The molecule has 0 radical (unpaired) electrons. The zero-order chi connectivity index (χ0) is 14.5. The number of halogens is 1. The molecule has 0 heterocycles. The molecule has 1 N–H and O–H groups in total. The topological polar surface area (TPSA) is 30.5 Å². The van der Waals surface area contributed by atoms with Crippen molar-refractivity contribution in [2.24, 2.45) is 0 Å². The number of nitrogens with one attached hydrogen (secondary N) is 1. The Balaban J connectivity index is 2.43. The van der Waals surface area contributed by atoms with E-state index in [0.717, 1.165) is 27.6 Å². The second-order valence-corrected chi connectivity index (χ2v) is 4.82. The third kappa shape index (κ3) is 3.06. The van der Waals surface area contributed by atoms with Crippen molar-refractivity contribution in [3.05, 3.63) is 58.6 Å². The first-order valence-electron chi connectivity index (χ1n) is 6.34. The molecule has 0 spiro atoms. The number of methoxy groups -OCH3 is 2. The average molecular weight is 292 g/mol. The van der Waals surface area contributed by atoms with Crippen LogP contribution in [0.25, 0.3) is 0 Å². The van der Waals surface area contributed by atoms with Gasteiger partial charge in [-0.15, -0.1) is 0 Å². The van der Waals surface area contributed by atoms with Gasteiger partial charge in [-0.2, -0.15) is 0 Å². The molecule has 1 unspecified atom stereocenters. The average Bonchev–Trinajstić information content (AvgIpc) is 2.50. The van der Waals surface area contributed by atoms with Gasteiger partial charge in [0.15, 0.2) is 0 Å². The summed E-state index contributed by atoms with van der Waals surface area (Å²) < 4.78 is 10.7. The molecule has 2 aromatic rings. The third-order valence-corrected chi connectivity index (χ3v) is 3.50. The summed E-state index contributed by atoms with van der Waals surface area (Å²) in [7, 11) is 5.22. The Hall–Kier alpha value is -1.71. The predicted octanol–water partition coefficient (Wildman–Crippen LogP) is 3.67. The van der Waals surface area contributed by atoms with E-state index in [9.17, 15) is 0 Å². The molecule has 0 aliphatic carbocycles. The van der Waals surface area contributed by atoms with Crippen molar-refractivity contribution in [2.45, 2.75) is 6.04 Å². The van der Waals surface area contributed by atoms with Crippen LogP contribution < -0.4 is 14.8 Å². The van der Waals surface area contributed by atoms with Gasteiger partial charge in [0.05, 0.1) is 20.3 Å². The van der Waals surface area contributed by atoms with Gasteiger partial charge in [0, 0.05) is 16.7 Å². The SMILES string of the molecule is CNC(c1ccc(Cl)cc1)c1ccc(OC)cc1OC. The molecule has 2 rings (SSSR count). The molecule has 3 nitrogen and oxygen atoms in total. The maximum atomic E-state index is 5.94. The van der Waals surface area contributed by atoms with Crippen LogP contribution in [0.2, 0.25) is 5.02 Å². The highest BCUT2D eigenvalue weighted by Gasteiger charge is 2.17. The first kappa shape index (κ1) is 14.7. The van der Waals surface area contributed by atoms with Crippen molar-refractivity contribution in [1.82, 2.24) is 5.32 Å². The Morgan fingerprint density at radius 1 is 1.00 bits per heavy atom.